The molecule has 0 atom stereocenters. The Morgan fingerprint density at radius 2 is 1.95 bits per heavy atom. The summed E-state index contributed by atoms with van der Waals surface area (Å²) in [5.41, 5.74) is 5.03. The molecule has 0 heterocycles. The van der Waals surface area contributed by atoms with Crippen LogP contribution in [0, 0.1) is 10.1 Å². The standard InChI is InChI=1S/C13H18N4O4/c1-13(2,3)16-11(18)7-15-12(19)9-6-8(17(20)21)4-5-10(9)14/h4-6H,7,14H2,1-3H3,(H,15,19)(H,16,18). The number of carbonyl (C=O) groups is 2. The molecule has 0 saturated carbocycles. The molecule has 21 heavy (non-hydrogen) atoms. The molecular weight excluding hydrogens is 276 g/mol. The maximum absolute atomic E-state index is 11.9. The van der Waals surface area contributed by atoms with E-state index < -0.39 is 16.4 Å². The van der Waals surface area contributed by atoms with E-state index in [9.17, 15) is 19.7 Å². The Labute approximate surface area is 121 Å². The van der Waals surface area contributed by atoms with Gasteiger partial charge in [0, 0.05) is 23.4 Å². The van der Waals surface area contributed by atoms with E-state index in [0.717, 1.165) is 6.07 Å². The summed E-state index contributed by atoms with van der Waals surface area (Å²) in [6, 6.07) is 3.56. The minimum absolute atomic E-state index is 0.0345. The fourth-order valence-corrected chi connectivity index (χ4v) is 1.57. The number of nitrogen functional groups attached to an aromatic ring is 1. The number of amides is 2. The highest BCUT2D eigenvalue weighted by Gasteiger charge is 2.17. The number of carbonyl (C=O) groups excluding carboxylic acids is 2. The molecule has 4 N–H and O–H groups in total. The number of nitro benzene ring substituents is 1. The molecule has 1 aromatic carbocycles. The topological polar surface area (TPSA) is 127 Å². The second kappa shape index (κ2) is 6.21. The predicted molar refractivity (Wildman–Crippen MR) is 77.7 cm³/mol. The average Bonchev–Trinajstić information content (AvgIpc) is 2.34. The molecule has 0 saturated heterocycles. The van der Waals surface area contributed by atoms with Gasteiger partial charge in [0.05, 0.1) is 17.0 Å². The predicted octanol–water partition coefficient (Wildman–Crippen LogP) is 0.821. The van der Waals surface area contributed by atoms with Crippen molar-refractivity contribution in [3.8, 4) is 0 Å². The fourth-order valence-electron chi connectivity index (χ4n) is 1.57. The van der Waals surface area contributed by atoms with Crippen LogP contribution in [0.3, 0.4) is 0 Å². The zero-order chi connectivity index (χ0) is 16.2. The largest absolute Gasteiger partial charge is 0.398 e. The number of hydrogen-bond acceptors (Lipinski definition) is 5. The summed E-state index contributed by atoms with van der Waals surface area (Å²) in [7, 11) is 0. The highest BCUT2D eigenvalue weighted by molar-refractivity contribution is 6.01. The summed E-state index contributed by atoms with van der Waals surface area (Å²) in [5, 5.41) is 15.7. The first-order chi connectivity index (χ1) is 9.60. The molecule has 0 unspecified atom stereocenters. The number of anilines is 1. The number of nitrogens with two attached hydrogens (primary N) is 1. The number of hydrogen-bond donors (Lipinski definition) is 3. The van der Waals surface area contributed by atoms with Crippen molar-refractivity contribution < 1.29 is 14.5 Å². The Balaban J connectivity index is 2.74. The van der Waals surface area contributed by atoms with Gasteiger partial charge in [0.25, 0.3) is 11.6 Å². The summed E-state index contributed by atoms with van der Waals surface area (Å²) < 4.78 is 0. The lowest BCUT2D eigenvalue weighted by Crippen LogP contribution is -2.45. The van der Waals surface area contributed by atoms with E-state index in [4.69, 9.17) is 5.73 Å². The molecule has 8 heteroatoms. The molecule has 1 rings (SSSR count). The van der Waals surface area contributed by atoms with Crippen molar-refractivity contribution in [1.29, 1.82) is 0 Å². The van der Waals surface area contributed by atoms with Crippen LogP contribution < -0.4 is 16.4 Å². The Morgan fingerprint density at radius 3 is 2.48 bits per heavy atom. The first-order valence-corrected chi connectivity index (χ1v) is 6.23. The summed E-state index contributed by atoms with van der Waals surface area (Å²) in [5.74, 6) is -1.000. The van der Waals surface area contributed by atoms with Crippen LogP contribution in [0.15, 0.2) is 18.2 Å². The quantitative estimate of drug-likeness (QED) is 0.430. The monoisotopic (exact) mass is 294 g/mol. The highest BCUT2D eigenvalue weighted by Crippen LogP contribution is 2.19. The number of benzene rings is 1. The van der Waals surface area contributed by atoms with E-state index in [1.807, 2.05) is 20.8 Å². The Kier molecular flexibility index (Phi) is 4.85. The second-order valence-corrected chi connectivity index (χ2v) is 5.51. The van der Waals surface area contributed by atoms with Gasteiger partial charge < -0.3 is 16.4 Å². The van der Waals surface area contributed by atoms with E-state index in [2.05, 4.69) is 10.6 Å². The van der Waals surface area contributed by atoms with Gasteiger partial charge in [0.2, 0.25) is 5.91 Å². The molecule has 2 amide bonds. The highest BCUT2D eigenvalue weighted by atomic mass is 16.6. The molecule has 0 aliphatic rings. The summed E-state index contributed by atoms with van der Waals surface area (Å²) >= 11 is 0. The van der Waals surface area contributed by atoms with Crippen molar-refractivity contribution in [1.82, 2.24) is 10.6 Å². The Hall–Kier alpha value is -2.64. The zero-order valence-electron chi connectivity index (χ0n) is 12.1. The molecule has 0 spiro atoms. The number of nitrogens with zero attached hydrogens (tertiary/aromatic N) is 1. The van der Waals surface area contributed by atoms with Crippen LogP contribution in [0.25, 0.3) is 0 Å². The number of rotatable bonds is 4. The molecule has 0 aliphatic carbocycles. The first kappa shape index (κ1) is 16.4. The van der Waals surface area contributed by atoms with E-state index in [1.165, 1.54) is 12.1 Å². The van der Waals surface area contributed by atoms with Crippen LogP contribution >= 0.6 is 0 Å². The molecule has 114 valence electrons. The van der Waals surface area contributed by atoms with Crippen LogP contribution in [-0.4, -0.2) is 28.8 Å². The number of nitro groups is 1. The van der Waals surface area contributed by atoms with Gasteiger partial charge >= 0.3 is 0 Å². The van der Waals surface area contributed by atoms with Crippen LogP contribution in [0.2, 0.25) is 0 Å². The fraction of sp³-hybridized carbons (Fsp3) is 0.385. The van der Waals surface area contributed by atoms with E-state index in [1.54, 1.807) is 0 Å². The normalized spacial score (nSPS) is 10.8. The molecule has 0 bridgehead atoms. The summed E-state index contributed by atoms with van der Waals surface area (Å²) in [6.07, 6.45) is 0. The van der Waals surface area contributed by atoms with Gasteiger partial charge in [-0.1, -0.05) is 0 Å². The lowest BCUT2D eigenvalue weighted by molar-refractivity contribution is -0.384. The molecular formula is C13H18N4O4. The summed E-state index contributed by atoms with van der Waals surface area (Å²) in [6.45, 7) is 5.19. The first-order valence-electron chi connectivity index (χ1n) is 6.23. The minimum atomic E-state index is -0.639. The maximum Gasteiger partial charge on any atom is 0.270 e. The van der Waals surface area contributed by atoms with Crippen molar-refractivity contribution in [3.05, 3.63) is 33.9 Å². The lowest BCUT2D eigenvalue weighted by atomic mass is 10.1. The van der Waals surface area contributed by atoms with Crippen LogP contribution in [0.5, 0.6) is 0 Å². The van der Waals surface area contributed by atoms with Gasteiger partial charge in [-0.05, 0) is 26.8 Å². The van der Waals surface area contributed by atoms with Crippen molar-refractivity contribution in [2.75, 3.05) is 12.3 Å². The van der Waals surface area contributed by atoms with Gasteiger partial charge in [0.15, 0.2) is 0 Å². The maximum atomic E-state index is 11.9. The second-order valence-electron chi connectivity index (χ2n) is 5.51. The van der Waals surface area contributed by atoms with E-state index in [0.29, 0.717) is 0 Å². The SMILES string of the molecule is CC(C)(C)NC(=O)CNC(=O)c1cc([N+](=O)[O-])ccc1N. The van der Waals surface area contributed by atoms with Gasteiger partial charge in [-0.2, -0.15) is 0 Å². The van der Waals surface area contributed by atoms with E-state index in [-0.39, 0.29) is 29.4 Å². The van der Waals surface area contributed by atoms with Crippen molar-refractivity contribution in [3.63, 3.8) is 0 Å². The van der Waals surface area contributed by atoms with Crippen molar-refractivity contribution >= 4 is 23.2 Å². The molecule has 8 nitrogen and oxygen atoms in total. The van der Waals surface area contributed by atoms with Crippen molar-refractivity contribution in [2.24, 2.45) is 0 Å². The number of nitrogens with one attached hydrogen (secondary N) is 2. The lowest BCUT2D eigenvalue weighted by Gasteiger charge is -2.20. The molecule has 1 aromatic rings. The van der Waals surface area contributed by atoms with Gasteiger partial charge in [-0.15, -0.1) is 0 Å². The van der Waals surface area contributed by atoms with Gasteiger partial charge in [-0.3, -0.25) is 19.7 Å². The molecule has 0 aliphatic heterocycles. The van der Waals surface area contributed by atoms with Crippen LogP contribution in [0.4, 0.5) is 11.4 Å². The van der Waals surface area contributed by atoms with Crippen LogP contribution in [0.1, 0.15) is 31.1 Å². The molecule has 0 radical (unpaired) electrons. The minimum Gasteiger partial charge on any atom is -0.398 e. The third-order valence-corrected chi connectivity index (χ3v) is 2.42. The molecule has 0 fully saturated rings. The van der Waals surface area contributed by atoms with Crippen LogP contribution in [-0.2, 0) is 4.79 Å². The molecule has 0 aromatic heterocycles. The van der Waals surface area contributed by atoms with E-state index >= 15 is 0 Å². The summed E-state index contributed by atoms with van der Waals surface area (Å²) in [4.78, 5) is 33.6. The number of non-ortho nitro benzene ring substituents is 1. The third kappa shape index (κ3) is 5.09. The third-order valence-electron chi connectivity index (χ3n) is 2.42. The Morgan fingerprint density at radius 1 is 1.33 bits per heavy atom. The smallest absolute Gasteiger partial charge is 0.270 e. The van der Waals surface area contributed by atoms with Crippen molar-refractivity contribution in [2.45, 2.75) is 26.3 Å². The Bertz CT molecular complexity index is 578. The zero-order valence-corrected chi connectivity index (χ0v) is 12.1. The van der Waals surface area contributed by atoms with Gasteiger partial charge in [0.1, 0.15) is 0 Å². The van der Waals surface area contributed by atoms with Gasteiger partial charge in [-0.25, -0.2) is 0 Å². The average molecular weight is 294 g/mol.